The van der Waals surface area contributed by atoms with Crippen molar-refractivity contribution in [1.82, 2.24) is 15.3 Å². The SMILES string of the molecule is C=CC(=O)Cc1cc(-c2c(-c3cccc(C(=O)NC4CC4)c3)[nH]c3nccc(Cl)c23)ccc1C. The van der Waals surface area contributed by atoms with Gasteiger partial charge >= 0.3 is 0 Å². The number of fused-ring (bicyclic) bond motifs is 1. The molecular weight excluding hydrogens is 446 g/mol. The van der Waals surface area contributed by atoms with Gasteiger partial charge in [0.05, 0.1) is 10.7 Å². The van der Waals surface area contributed by atoms with Crippen molar-refractivity contribution in [2.24, 2.45) is 0 Å². The van der Waals surface area contributed by atoms with Crippen molar-refractivity contribution >= 4 is 34.3 Å². The van der Waals surface area contributed by atoms with E-state index < -0.39 is 0 Å². The number of carbonyl (C=O) groups is 2. The number of aryl methyl sites for hydroxylation is 1. The summed E-state index contributed by atoms with van der Waals surface area (Å²) in [7, 11) is 0. The Kier molecular flexibility index (Phi) is 5.80. The number of ketones is 1. The monoisotopic (exact) mass is 469 g/mol. The third-order valence-electron chi connectivity index (χ3n) is 6.20. The number of carbonyl (C=O) groups excluding carboxylic acids is 2. The first-order chi connectivity index (χ1) is 16.4. The highest BCUT2D eigenvalue weighted by molar-refractivity contribution is 6.36. The molecule has 1 saturated carbocycles. The minimum absolute atomic E-state index is 0.0338. The molecule has 2 N–H and O–H groups in total. The van der Waals surface area contributed by atoms with E-state index in [1.807, 2.05) is 49.4 Å². The van der Waals surface area contributed by atoms with E-state index >= 15 is 0 Å². The number of rotatable bonds is 7. The van der Waals surface area contributed by atoms with Gasteiger partial charge < -0.3 is 10.3 Å². The van der Waals surface area contributed by atoms with E-state index in [9.17, 15) is 9.59 Å². The summed E-state index contributed by atoms with van der Waals surface area (Å²) in [5.41, 5.74) is 6.72. The van der Waals surface area contributed by atoms with Gasteiger partial charge in [-0.1, -0.05) is 48.5 Å². The van der Waals surface area contributed by atoms with Crippen LogP contribution in [0.5, 0.6) is 0 Å². The van der Waals surface area contributed by atoms with Crippen LogP contribution in [-0.4, -0.2) is 27.7 Å². The molecule has 5 nitrogen and oxygen atoms in total. The molecule has 170 valence electrons. The van der Waals surface area contributed by atoms with Crippen LogP contribution in [0, 0.1) is 6.92 Å². The summed E-state index contributed by atoms with van der Waals surface area (Å²) in [6, 6.07) is 15.7. The number of allylic oxidation sites excluding steroid dienone is 1. The smallest absolute Gasteiger partial charge is 0.251 e. The second-order valence-electron chi connectivity index (χ2n) is 8.71. The number of nitrogens with one attached hydrogen (secondary N) is 2. The van der Waals surface area contributed by atoms with Crippen molar-refractivity contribution in [3.63, 3.8) is 0 Å². The number of hydrogen-bond acceptors (Lipinski definition) is 3. The van der Waals surface area contributed by atoms with Crippen molar-refractivity contribution in [1.29, 1.82) is 0 Å². The number of H-pyrrole nitrogens is 1. The van der Waals surface area contributed by atoms with Gasteiger partial charge in [0.1, 0.15) is 5.65 Å². The molecule has 2 heterocycles. The number of benzene rings is 2. The number of pyridine rings is 1. The Morgan fingerprint density at radius 2 is 2.00 bits per heavy atom. The summed E-state index contributed by atoms with van der Waals surface area (Å²) < 4.78 is 0. The standard InChI is InChI=1S/C28H24ClN3O2/c1-3-22(33)15-20-13-17(8-7-16(20)2)24-25-23(29)11-12-30-27(25)32-26(24)18-5-4-6-19(14-18)28(34)31-21-9-10-21/h3-8,11-14,21H,1,9-10,15H2,2H3,(H,30,32)(H,31,34). The Balaban J connectivity index is 1.68. The molecule has 5 rings (SSSR count). The number of aromatic amines is 1. The number of aromatic nitrogens is 2. The number of nitrogens with zero attached hydrogens (tertiary/aromatic N) is 1. The van der Waals surface area contributed by atoms with Crippen molar-refractivity contribution in [2.75, 3.05) is 0 Å². The molecule has 1 fully saturated rings. The Labute approximate surface area is 202 Å². The van der Waals surface area contributed by atoms with E-state index in [-0.39, 0.29) is 24.2 Å². The van der Waals surface area contributed by atoms with Gasteiger partial charge in [0.15, 0.2) is 5.78 Å². The Morgan fingerprint density at radius 1 is 1.18 bits per heavy atom. The van der Waals surface area contributed by atoms with Gasteiger partial charge in [-0.05, 0) is 66.3 Å². The number of amides is 1. The summed E-state index contributed by atoms with van der Waals surface area (Å²) in [5.74, 6) is -0.104. The lowest BCUT2D eigenvalue weighted by atomic mass is 9.93. The van der Waals surface area contributed by atoms with Crippen LogP contribution >= 0.6 is 11.6 Å². The highest BCUT2D eigenvalue weighted by Gasteiger charge is 2.24. The molecule has 0 unspecified atom stereocenters. The van der Waals surface area contributed by atoms with Gasteiger partial charge in [0.2, 0.25) is 0 Å². The van der Waals surface area contributed by atoms with Gasteiger partial charge in [-0.25, -0.2) is 4.98 Å². The fourth-order valence-corrected chi connectivity index (χ4v) is 4.41. The van der Waals surface area contributed by atoms with Crippen LogP contribution in [-0.2, 0) is 11.2 Å². The van der Waals surface area contributed by atoms with Crippen LogP contribution in [0.25, 0.3) is 33.4 Å². The summed E-state index contributed by atoms with van der Waals surface area (Å²) >= 11 is 6.65. The third-order valence-corrected chi connectivity index (χ3v) is 6.51. The molecule has 0 saturated heterocycles. The van der Waals surface area contributed by atoms with Gasteiger partial charge in [-0.2, -0.15) is 0 Å². The van der Waals surface area contributed by atoms with Crippen molar-refractivity contribution < 1.29 is 9.59 Å². The Hall–Kier alpha value is -3.70. The van der Waals surface area contributed by atoms with Crippen LogP contribution in [0.4, 0.5) is 0 Å². The van der Waals surface area contributed by atoms with Crippen LogP contribution in [0.3, 0.4) is 0 Å². The van der Waals surface area contributed by atoms with E-state index in [1.165, 1.54) is 6.08 Å². The Morgan fingerprint density at radius 3 is 2.76 bits per heavy atom. The van der Waals surface area contributed by atoms with E-state index in [2.05, 4.69) is 21.9 Å². The quantitative estimate of drug-likeness (QED) is 0.323. The highest BCUT2D eigenvalue weighted by Crippen LogP contribution is 2.41. The first-order valence-electron chi connectivity index (χ1n) is 11.3. The van der Waals surface area contributed by atoms with E-state index in [0.29, 0.717) is 16.2 Å². The molecule has 2 aromatic heterocycles. The molecule has 2 aromatic carbocycles. The first kappa shape index (κ1) is 22.1. The molecule has 0 aliphatic heterocycles. The fourth-order valence-electron chi connectivity index (χ4n) is 4.17. The normalized spacial score (nSPS) is 13.1. The maximum absolute atomic E-state index is 12.7. The summed E-state index contributed by atoms with van der Waals surface area (Å²) in [6.45, 7) is 5.58. The molecule has 1 aliphatic rings. The van der Waals surface area contributed by atoms with E-state index in [0.717, 1.165) is 51.7 Å². The molecule has 0 radical (unpaired) electrons. The zero-order valence-corrected chi connectivity index (χ0v) is 19.6. The molecule has 6 heteroatoms. The molecular formula is C28H24ClN3O2. The minimum Gasteiger partial charge on any atom is -0.349 e. The summed E-state index contributed by atoms with van der Waals surface area (Å²) in [6.07, 6.45) is 5.36. The van der Waals surface area contributed by atoms with Crippen LogP contribution in [0.1, 0.15) is 34.3 Å². The van der Waals surface area contributed by atoms with E-state index in [4.69, 9.17) is 11.6 Å². The third kappa shape index (κ3) is 4.27. The van der Waals surface area contributed by atoms with Crippen LogP contribution in [0.2, 0.25) is 5.02 Å². The predicted octanol–water partition coefficient (Wildman–Crippen LogP) is 6.05. The molecule has 1 aliphatic carbocycles. The van der Waals surface area contributed by atoms with Gasteiger partial charge in [-0.15, -0.1) is 0 Å². The van der Waals surface area contributed by atoms with E-state index in [1.54, 1.807) is 12.3 Å². The topological polar surface area (TPSA) is 74.8 Å². The zero-order valence-electron chi connectivity index (χ0n) is 18.8. The fraction of sp³-hybridized carbons (Fsp3) is 0.179. The molecule has 4 aromatic rings. The van der Waals surface area contributed by atoms with Gasteiger partial charge in [0.25, 0.3) is 5.91 Å². The number of hydrogen-bond donors (Lipinski definition) is 2. The lowest BCUT2D eigenvalue weighted by Crippen LogP contribution is -2.25. The maximum Gasteiger partial charge on any atom is 0.251 e. The molecule has 1 amide bonds. The van der Waals surface area contributed by atoms with Crippen LogP contribution < -0.4 is 5.32 Å². The summed E-state index contributed by atoms with van der Waals surface area (Å²) in [5, 5.41) is 4.43. The lowest BCUT2D eigenvalue weighted by Gasteiger charge is -2.11. The first-order valence-corrected chi connectivity index (χ1v) is 11.6. The largest absolute Gasteiger partial charge is 0.349 e. The van der Waals surface area contributed by atoms with Crippen molar-refractivity contribution in [3.8, 4) is 22.4 Å². The lowest BCUT2D eigenvalue weighted by molar-refractivity contribution is -0.114. The molecule has 0 atom stereocenters. The molecule has 0 spiro atoms. The molecule has 34 heavy (non-hydrogen) atoms. The van der Waals surface area contributed by atoms with Crippen LogP contribution in [0.15, 0.2) is 67.4 Å². The minimum atomic E-state index is -0.0706. The molecule has 0 bridgehead atoms. The highest BCUT2D eigenvalue weighted by atomic mass is 35.5. The van der Waals surface area contributed by atoms with Crippen molar-refractivity contribution in [3.05, 3.63) is 89.1 Å². The van der Waals surface area contributed by atoms with Crippen molar-refractivity contribution in [2.45, 2.75) is 32.2 Å². The second-order valence-corrected chi connectivity index (χ2v) is 9.12. The average Bonchev–Trinajstić information content (AvgIpc) is 3.56. The number of halogens is 1. The van der Waals surface area contributed by atoms with Gasteiger partial charge in [-0.3, -0.25) is 9.59 Å². The second kappa shape index (κ2) is 8.92. The predicted molar refractivity (Wildman–Crippen MR) is 136 cm³/mol. The zero-order chi connectivity index (χ0) is 23.8. The Bertz CT molecular complexity index is 1450. The average molecular weight is 470 g/mol. The van der Waals surface area contributed by atoms with Gasteiger partial charge in [0, 0.05) is 35.2 Å². The summed E-state index contributed by atoms with van der Waals surface area (Å²) in [4.78, 5) is 32.7. The maximum atomic E-state index is 12.7.